The third-order valence-electron chi connectivity index (χ3n) is 5.36. The summed E-state index contributed by atoms with van der Waals surface area (Å²) < 4.78 is 38.3. The molecule has 2 aromatic rings. The summed E-state index contributed by atoms with van der Waals surface area (Å²) in [4.78, 5) is 14.7. The first-order valence-electron chi connectivity index (χ1n) is 10.1. The monoisotopic (exact) mass is 466 g/mol. The van der Waals surface area contributed by atoms with E-state index in [0.717, 1.165) is 5.69 Å². The van der Waals surface area contributed by atoms with Crippen molar-refractivity contribution in [2.75, 3.05) is 38.8 Å². The summed E-state index contributed by atoms with van der Waals surface area (Å²) in [5, 5.41) is 0.242. The molecule has 2 aromatic carbocycles. The van der Waals surface area contributed by atoms with E-state index in [0.29, 0.717) is 37.5 Å². The van der Waals surface area contributed by atoms with Crippen molar-refractivity contribution in [3.8, 4) is 11.5 Å². The molecule has 0 spiro atoms. The quantitative estimate of drug-likeness (QED) is 0.620. The largest absolute Gasteiger partial charge is 0.497 e. The van der Waals surface area contributed by atoms with Gasteiger partial charge in [-0.15, -0.1) is 0 Å². The molecule has 31 heavy (non-hydrogen) atoms. The predicted octanol–water partition coefficient (Wildman–Crippen LogP) is 3.81. The minimum absolute atomic E-state index is 0.0950. The summed E-state index contributed by atoms with van der Waals surface area (Å²) >= 11 is 6.19. The van der Waals surface area contributed by atoms with Crippen molar-refractivity contribution in [1.82, 2.24) is 4.31 Å². The Balaban J connectivity index is 1.75. The molecular formula is C22H27ClN2O5S. The number of anilines is 1. The number of piperidine rings is 1. The summed E-state index contributed by atoms with van der Waals surface area (Å²) in [5.74, 6) is 0.605. The predicted molar refractivity (Wildman–Crippen MR) is 121 cm³/mol. The van der Waals surface area contributed by atoms with Crippen LogP contribution < -0.4 is 14.4 Å². The van der Waals surface area contributed by atoms with Gasteiger partial charge in [0, 0.05) is 25.8 Å². The van der Waals surface area contributed by atoms with Gasteiger partial charge in [-0.25, -0.2) is 8.42 Å². The van der Waals surface area contributed by atoms with E-state index >= 15 is 0 Å². The van der Waals surface area contributed by atoms with Gasteiger partial charge >= 0.3 is 0 Å². The first-order chi connectivity index (χ1) is 14.8. The van der Waals surface area contributed by atoms with Gasteiger partial charge in [0.05, 0.1) is 29.6 Å². The summed E-state index contributed by atoms with van der Waals surface area (Å²) in [6, 6.07) is 11.6. The number of carbonyl (C=O) groups is 1. The number of ether oxygens (including phenoxy) is 2. The molecule has 0 bridgehead atoms. The van der Waals surface area contributed by atoms with E-state index in [9.17, 15) is 13.2 Å². The topological polar surface area (TPSA) is 76.2 Å². The van der Waals surface area contributed by atoms with Gasteiger partial charge in [0.25, 0.3) is 0 Å². The van der Waals surface area contributed by atoms with Gasteiger partial charge in [0.15, 0.2) is 0 Å². The maximum atomic E-state index is 13.2. The number of carbonyl (C=O) groups excluding carboxylic acids is 1. The van der Waals surface area contributed by atoms with Crippen molar-refractivity contribution in [1.29, 1.82) is 0 Å². The average Bonchev–Trinajstić information content (AvgIpc) is 2.79. The lowest BCUT2D eigenvalue weighted by atomic mass is 9.98. The molecule has 9 heteroatoms. The Kier molecular flexibility index (Phi) is 7.46. The number of rotatable bonds is 7. The van der Waals surface area contributed by atoms with Crippen LogP contribution in [-0.4, -0.2) is 52.5 Å². The van der Waals surface area contributed by atoms with Crippen LogP contribution in [0.25, 0.3) is 0 Å². The molecule has 7 nitrogen and oxygen atoms in total. The Labute approximate surface area is 188 Å². The molecule has 0 N–H and O–H groups in total. The number of sulfonamides is 1. The fourth-order valence-electron chi connectivity index (χ4n) is 3.63. The molecule has 1 fully saturated rings. The molecule has 1 heterocycles. The smallest absolute Gasteiger partial charge is 0.243 e. The van der Waals surface area contributed by atoms with Gasteiger partial charge in [0.1, 0.15) is 11.5 Å². The Hall–Kier alpha value is -2.29. The van der Waals surface area contributed by atoms with Crippen molar-refractivity contribution in [2.45, 2.75) is 24.7 Å². The number of nitrogens with zero attached hydrogens (tertiary/aromatic N) is 2. The lowest BCUT2D eigenvalue weighted by Crippen LogP contribution is -2.45. The minimum atomic E-state index is -3.78. The molecule has 0 aromatic heterocycles. The zero-order chi connectivity index (χ0) is 22.6. The second-order valence-corrected chi connectivity index (χ2v) is 9.67. The Morgan fingerprint density at radius 1 is 1.23 bits per heavy atom. The van der Waals surface area contributed by atoms with E-state index in [2.05, 4.69) is 0 Å². The van der Waals surface area contributed by atoms with Crippen LogP contribution in [0.15, 0.2) is 47.4 Å². The van der Waals surface area contributed by atoms with Crippen LogP contribution in [0.1, 0.15) is 19.8 Å². The molecule has 1 saturated heterocycles. The maximum Gasteiger partial charge on any atom is 0.243 e. The highest BCUT2D eigenvalue weighted by atomic mass is 35.5. The molecule has 1 aliphatic rings. The molecule has 0 radical (unpaired) electrons. The zero-order valence-electron chi connectivity index (χ0n) is 17.9. The van der Waals surface area contributed by atoms with Crippen LogP contribution in [0.3, 0.4) is 0 Å². The van der Waals surface area contributed by atoms with Gasteiger partial charge < -0.3 is 14.4 Å². The molecule has 1 aliphatic heterocycles. The lowest BCUT2D eigenvalue weighted by molar-refractivity contribution is -0.123. The second kappa shape index (κ2) is 9.89. The van der Waals surface area contributed by atoms with Crippen LogP contribution in [-0.2, 0) is 14.8 Å². The fraction of sp³-hybridized carbons (Fsp3) is 0.409. The minimum Gasteiger partial charge on any atom is -0.497 e. The van der Waals surface area contributed by atoms with Crippen LogP contribution in [0.4, 0.5) is 5.69 Å². The van der Waals surface area contributed by atoms with E-state index in [1.54, 1.807) is 49.4 Å². The molecule has 0 aliphatic carbocycles. The summed E-state index contributed by atoms with van der Waals surface area (Å²) in [5.41, 5.74) is 0.726. The molecule has 1 unspecified atom stereocenters. The van der Waals surface area contributed by atoms with Crippen molar-refractivity contribution < 1.29 is 22.7 Å². The van der Waals surface area contributed by atoms with Crippen molar-refractivity contribution in [3.05, 3.63) is 47.5 Å². The number of halogens is 1. The number of amides is 1. The van der Waals surface area contributed by atoms with Crippen molar-refractivity contribution >= 4 is 33.2 Å². The lowest BCUT2D eigenvalue weighted by Gasteiger charge is -2.33. The molecule has 1 atom stereocenters. The Bertz CT molecular complexity index is 1030. The SMILES string of the molecule is CCOc1ccc(S(=O)(=O)N2CCCC(C(=O)N(C)c3ccc(OC)cc3)C2)cc1Cl. The molecule has 0 saturated carbocycles. The van der Waals surface area contributed by atoms with Gasteiger partial charge in [0.2, 0.25) is 15.9 Å². The first-order valence-corrected chi connectivity index (χ1v) is 11.9. The van der Waals surface area contributed by atoms with E-state index in [-0.39, 0.29) is 22.4 Å². The van der Waals surface area contributed by atoms with Crippen molar-refractivity contribution in [2.24, 2.45) is 5.92 Å². The highest BCUT2D eigenvalue weighted by Gasteiger charge is 2.35. The van der Waals surface area contributed by atoms with Gasteiger partial charge in [-0.1, -0.05) is 11.6 Å². The fourth-order valence-corrected chi connectivity index (χ4v) is 5.48. The third kappa shape index (κ3) is 5.14. The van der Waals surface area contributed by atoms with E-state index in [1.807, 2.05) is 6.92 Å². The van der Waals surface area contributed by atoms with E-state index in [1.165, 1.54) is 16.4 Å². The van der Waals surface area contributed by atoms with Crippen LogP contribution in [0, 0.1) is 5.92 Å². The Morgan fingerprint density at radius 2 is 1.94 bits per heavy atom. The summed E-state index contributed by atoms with van der Waals surface area (Å²) in [7, 11) is -0.496. The van der Waals surface area contributed by atoms with Gasteiger partial charge in [-0.05, 0) is 62.2 Å². The number of methoxy groups -OCH3 is 1. The molecule has 1 amide bonds. The maximum absolute atomic E-state index is 13.2. The zero-order valence-corrected chi connectivity index (χ0v) is 19.4. The van der Waals surface area contributed by atoms with Crippen LogP contribution in [0.5, 0.6) is 11.5 Å². The number of hydrogen-bond acceptors (Lipinski definition) is 5. The molecular weight excluding hydrogens is 440 g/mol. The van der Waals surface area contributed by atoms with Gasteiger partial charge in [-0.3, -0.25) is 4.79 Å². The summed E-state index contributed by atoms with van der Waals surface area (Å²) in [6.45, 7) is 2.76. The third-order valence-corrected chi connectivity index (χ3v) is 7.52. The van der Waals surface area contributed by atoms with Crippen LogP contribution in [0.2, 0.25) is 5.02 Å². The Morgan fingerprint density at radius 3 is 2.55 bits per heavy atom. The second-order valence-electron chi connectivity index (χ2n) is 7.32. The molecule has 3 rings (SSSR count). The van der Waals surface area contributed by atoms with Crippen LogP contribution >= 0.6 is 11.6 Å². The number of benzene rings is 2. The molecule has 168 valence electrons. The number of hydrogen-bond donors (Lipinski definition) is 0. The highest BCUT2D eigenvalue weighted by Crippen LogP contribution is 2.31. The standard InChI is InChI=1S/C22H27ClN2O5S/c1-4-30-21-12-11-19(14-20(21)23)31(27,28)25-13-5-6-16(15-25)22(26)24(2)17-7-9-18(29-3)10-8-17/h7-12,14,16H,4-6,13,15H2,1-3H3. The van der Waals surface area contributed by atoms with Crippen molar-refractivity contribution in [3.63, 3.8) is 0 Å². The first kappa shape index (κ1) is 23.4. The van der Waals surface area contributed by atoms with E-state index in [4.69, 9.17) is 21.1 Å². The average molecular weight is 467 g/mol. The van der Waals surface area contributed by atoms with E-state index < -0.39 is 15.9 Å². The normalized spacial score (nSPS) is 17.2. The van der Waals surface area contributed by atoms with Gasteiger partial charge in [-0.2, -0.15) is 4.31 Å². The highest BCUT2D eigenvalue weighted by molar-refractivity contribution is 7.89. The summed E-state index contributed by atoms with van der Waals surface area (Å²) in [6.07, 6.45) is 1.24.